The minimum Gasteiger partial charge on any atom is -0.463 e. The molecule has 0 amide bonds. The molecule has 0 spiro atoms. The van der Waals surface area contributed by atoms with Gasteiger partial charge in [-0.15, -0.1) is 0 Å². The molecule has 0 N–H and O–H groups in total. The van der Waals surface area contributed by atoms with Crippen molar-refractivity contribution in [2.45, 2.75) is 59.3 Å². The van der Waals surface area contributed by atoms with Crippen LogP contribution < -0.4 is 0 Å². The minimum absolute atomic E-state index is 0.158. The predicted molar refractivity (Wildman–Crippen MR) is 88.2 cm³/mol. The first-order valence-electron chi connectivity index (χ1n) is 8.08. The van der Waals surface area contributed by atoms with Crippen LogP contribution in [-0.4, -0.2) is 12.6 Å². The smallest absolute Gasteiger partial charge is 0.334 e. The maximum atomic E-state index is 12.2. The number of allylic oxidation sites excluding steroid dienone is 1. The Morgan fingerprint density at radius 2 is 1.76 bits per heavy atom. The Labute approximate surface area is 129 Å². The third-order valence-corrected chi connectivity index (χ3v) is 3.67. The number of ether oxygens (including phenoxy) is 1. The monoisotopic (exact) mass is 288 g/mol. The van der Waals surface area contributed by atoms with E-state index in [1.807, 2.05) is 25.1 Å². The molecule has 0 aliphatic carbocycles. The first-order chi connectivity index (χ1) is 10.2. The Kier molecular flexibility index (Phi) is 8.49. The van der Waals surface area contributed by atoms with Crippen molar-refractivity contribution in [3.05, 3.63) is 47.0 Å². The van der Waals surface area contributed by atoms with E-state index in [1.54, 1.807) is 0 Å². The fourth-order valence-corrected chi connectivity index (χ4v) is 2.38. The number of esters is 1. The number of unbranched alkanes of at least 4 members (excludes halogenated alkanes) is 3. The van der Waals surface area contributed by atoms with Crippen LogP contribution in [-0.2, 0) is 16.0 Å². The van der Waals surface area contributed by atoms with Crippen molar-refractivity contribution in [2.75, 3.05) is 6.61 Å². The Morgan fingerprint density at radius 1 is 1.05 bits per heavy atom. The van der Waals surface area contributed by atoms with Crippen molar-refractivity contribution in [2.24, 2.45) is 0 Å². The molecular weight excluding hydrogens is 260 g/mol. The number of rotatable bonds is 9. The van der Waals surface area contributed by atoms with Gasteiger partial charge >= 0.3 is 5.97 Å². The van der Waals surface area contributed by atoms with Gasteiger partial charge in [0.15, 0.2) is 0 Å². The summed E-state index contributed by atoms with van der Waals surface area (Å²) < 4.78 is 5.23. The zero-order valence-corrected chi connectivity index (χ0v) is 13.7. The fourth-order valence-electron chi connectivity index (χ4n) is 2.38. The second-order valence-corrected chi connectivity index (χ2v) is 5.45. The normalized spacial score (nSPS) is 12.0. The summed E-state index contributed by atoms with van der Waals surface area (Å²) in [7, 11) is 0. The van der Waals surface area contributed by atoms with Crippen molar-refractivity contribution in [3.8, 4) is 0 Å². The van der Waals surface area contributed by atoms with Crippen molar-refractivity contribution < 1.29 is 9.53 Å². The molecule has 0 saturated heterocycles. The fraction of sp³-hybridized carbons (Fsp3) is 0.526. The molecule has 0 fully saturated rings. The summed E-state index contributed by atoms with van der Waals surface area (Å²) in [5.74, 6) is -0.158. The maximum absolute atomic E-state index is 12.2. The van der Waals surface area contributed by atoms with Crippen LogP contribution in [0.2, 0.25) is 0 Å². The number of hydrogen-bond acceptors (Lipinski definition) is 2. The molecule has 0 aliphatic rings. The van der Waals surface area contributed by atoms with E-state index >= 15 is 0 Å². The molecule has 0 aliphatic heterocycles. The third kappa shape index (κ3) is 6.61. The highest BCUT2D eigenvalue weighted by atomic mass is 16.5. The highest BCUT2D eigenvalue weighted by Crippen LogP contribution is 2.19. The SMILES string of the molecule is CCCCCC/C(C)=C(\Cc1ccccc1)C(=O)OCC. The lowest BCUT2D eigenvalue weighted by Crippen LogP contribution is -2.12. The first kappa shape index (κ1) is 17.5. The number of benzene rings is 1. The van der Waals surface area contributed by atoms with Crippen LogP contribution in [0.3, 0.4) is 0 Å². The summed E-state index contributed by atoms with van der Waals surface area (Å²) in [4.78, 5) is 12.2. The van der Waals surface area contributed by atoms with Gasteiger partial charge in [0.25, 0.3) is 0 Å². The van der Waals surface area contributed by atoms with Crippen LogP contribution in [0.15, 0.2) is 41.5 Å². The van der Waals surface area contributed by atoms with Crippen LogP contribution in [0.4, 0.5) is 0 Å². The molecule has 0 unspecified atom stereocenters. The van der Waals surface area contributed by atoms with E-state index in [-0.39, 0.29) is 5.97 Å². The summed E-state index contributed by atoms with van der Waals surface area (Å²) in [6, 6.07) is 10.1. The number of carbonyl (C=O) groups is 1. The van der Waals surface area contributed by atoms with Gasteiger partial charge < -0.3 is 4.74 Å². The van der Waals surface area contributed by atoms with Gasteiger partial charge in [-0.25, -0.2) is 4.79 Å². The van der Waals surface area contributed by atoms with Crippen LogP contribution in [0.1, 0.15) is 58.4 Å². The van der Waals surface area contributed by atoms with E-state index in [1.165, 1.54) is 24.8 Å². The maximum Gasteiger partial charge on any atom is 0.334 e. The molecule has 1 rings (SSSR count). The Hall–Kier alpha value is -1.57. The Balaban J connectivity index is 2.77. The van der Waals surface area contributed by atoms with Crippen LogP contribution in [0.25, 0.3) is 0 Å². The quantitative estimate of drug-likeness (QED) is 0.360. The summed E-state index contributed by atoms with van der Waals surface area (Å²) in [5.41, 5.74) is 3.17. The van der Waals surface area contributed by atoms with Crippen LogP contribution in [0, 0.1) is 0 Å². The second kappa shape index (κ2) is 10.2. The summed E-state index contributed by atoms with van der Waals surface area (Å²) in [5, 5.41) is 0. The molecule has 1 aromatic carbocycles. The van der Waals surface area contributed by atoms with Crippen LogP contribution in [0.5, 0.6) is 0 Å². The predicted octanol–water partition coefficient (Wildman–Crippen LogP) is 5.08. The molecule has 0 atom stereocenters. The topological polar surface area (TPSA) is 26.3 Å². The van der Waals surface area contributed by atoms with Gasteiger partial charge in [-0.2, -0.15) is 0 Å². The van der Waals surface area contributed by atoms with Gasteiger partial charge in [-0.3, -0.25) is 0 Å². The highest BCUT2D eigenvalue weighted by molar-refractivity contribution is 5.89. The summed E-state index contributed by atoms with van der Waals surface area (Å²) >= 11 is 0. The van der Waals surface area contributed by atoms with Gasteiger partial charge in [0.05, 0.1) is 6.61 Å². The van der Waals surface area contributed by atoms with Gasteiger partial charge in [0.1, 0.15) is 0 Å². The highest BCUT2D eigenvalue weighted by Gasteiger charge is 2.14. The number of hydrogen-bond donors (Lipinski definition) is 0. The van der Waals surface area contributed by atoms with E-state index in [9.17, 15) is 4.79 Å². The van der Waals surface area contributed by atoms with Crippen molar-refractivity contribution >= 4 is 5.97 Å². The van der Waals surface area contributed by atoms with E-state index in [0.29, 0.717) is 13.0 Å². The van der Waals surface area contributed by atoms with Gasteiger partial charge in [-0.1, -0.05) is 62.1 Å². The average Bonchev–Trinajstić information content (AvgIpc) is 2.50. The molecule has 21 heavy (non-hydrogen) atoms. The van der Waals surface area contributed by atoms with Gasteiger partial charge in [0, 0.05) is 12.0 Å². The molecule has 0 radical (unpaired) electrons. The molecule has 0 aromatic heterocycles. The minimum atomic E-state index is -0.158. The van der Waals surface area contributed by atoms with Crippen molar-refractivity contribution in [1.82, 2.24) is 0 Å². The molecule has 116 valence electrons. The van der Waals surface area contributed by atoms with Crippen molar-refractivity contribution in [3.63, 3.8) is 0 Å². The van der Waals surface area contributed by atoms with Gasteiger partial charge in [0.2, 0.25) is 0 Å². The standard InChI is InChI=1S/C19H28O2/c1-4-6-7-9-12-16(3)18(19(20)21-5-2)15-17-13-10-8-11-14-17/h8,10-11,13-14H,4-7,9,12,15H2,1-3H3/b18-16+. The molecule has 2 heteroatoms. The zero-order valence-electron chi connectivity index (χ0n) is 13.7. The third-order valence-electron chi connectivity index (χ3n) is 3.67. The van der Waals surface area contributed by atoms with Crippen molar-refractivity contribution in [1.29, 1.82) is 0 Å². The largest absolute Gasteiger partial charge is 0.463 e. The molecule has 1 aromatic rings. The van der Waals surface area contributed by atoms with E-state index < -0.39 is 0 Å². The zero-order chi connectivity index (χ0) is 15.5. The lowest BCUT2D eigenvalue weighted by atomic mass is 9.97. The molecule has 0 saturated carbocycles. The van der Waals surface area contributed by atoms with Gasteiger partial charge in [-0.05, 0) is 32.3 Å². The Morgan fingerprint density at radius 3 is 2.38 bits per heavy atom. The second-order valence-electron chi connectivity index (χ2n) is 5.45. The summed E-state index contributed by atoms with van der Waals surface area (Å²) in [6.07, 6.45) is 6.53. The summed E-state index contributed by atoms with van der Waals surface area (Å²) in [6.45, 7) is 6.57. The number of carbonyl (C=O) groups excluding carboxylic acids is 1. The Bertz CT molecular complexity index is 446. The molecule has 0 bridgehead atoms. The van der Waals surface area contributed by atoms with E-state index in [2.05, 4.69) is 26.0 Å². The lowest BCUT2D eigenvalue weighted by molar-refractivity contribution is -0.138. The lowest BCUT2D eigenvalue weighted by Gasteiger charge is -2.12. The van der Waals surface area contributed by atoms with E-state index in [4.69, 9.17) is 4.74 Å². The molecule has 0 heterocycles. The molecular formula is C19H28O2. The molecule has 2 nitrogen and oxygen atoms in total. The average molecular weight is 288 g/mol. The van der Waals surface area contributed by atoms with Crippen LogP contribution >= 0.6 is 0 Å². The first-order valence-corrected chi connectivity index (χ1v) is 8.08. The van der Waals surface area contributed by atoms with E-state index in [0.717, 1.165) is 24.0 Å².